The standard InChI is InChI=1S/C13H15N3O3S2/c1-2-8-3-4-20-10(8)5-14-13(19)15-6-11-16-9(7-21-11)12(17)18/h3-4,7H,2,5-6H2,1H3,(H,17,18)(H2,14,15,19). The van der Waals surface area contributed by atoms with Crippen LogP contribution in [0.3, 0.4) is 0 Å². The first-order chi connectivity index (χ1) is 10.1. The van der Waals surface area contributed by atoms with E-state index >= 15 is 0 Å². The predicted octanol–water partition coefficient (Wildman–Crippen LogP) is 2.46. The third-order valence-electron chi connectivity index (χ3n) is 2.80. The highest BCUT2D eigenvalue weighted by Gasteiger charge is 2.10. The van der Waals surface area contributed by atoms with Gasteiger partial charge in [-0.1, -0.05) is 6.92 Å². The minimum Gasteiger partial charge on any atom is -0.476 e. The molecule has 2 aromatic rings. The molecule has 2 heterocycles. The van der Waals surface area contributed by atoms with E-state index in [0.29, 0.717) is 11.6 Å². The van der Waals surface area contributed by atoms with Crippen molar-refractivity contribution in [3.63, 3.8) is 0 Å². The molecule has 0 atom stereocenters. The molecule has 0 fully saturated rings. The largest absolute Gasteiger partial charge is 0.476 e. The maximum Gasteiger partial charge on any atom is 0.355 e. The van der Waals surface area contributed by atoms with Crippen molar-refractivity contribution in [3.05, 3.63) is 38.0 Å². The number of thiazole rings is 1. The Hall–Kier alpha value is -1.93. The number of aromatic carboxylic acids is 1. The number of nitrogens with one attached hydrogen (secondary N) is 2. The van der Waals surface area contributed by atoms with Crippen molar-refractivity contribution >= 4 is 34.7 Å². The van der Waals surface area contributed by atoms with Gasteiger partial charge in [0.05, 0.1) is 13.1 Å². The third-order valence-corrected chi connectivity index (χ3v) is 4.61. The van der Waals surface area contributed by atoms with Crippen LogP contribution in [0.15, 0.2) is 16.8 Å². The fourth-order valence-corrected chi connectivity index (χ4v) is 3.33. The highest BCUT2D eigenvalue weighted by molar-refractivity contribution is 7.10. The molecule has 0 aromatic carbocycles. The Balaban J connectivity index is 1.78. The van der Waals surface area contributed by atoms with Crippen molar-refractivity contribution in [1.82, 2.24) is 15.6 Å². The van der Waals surface area contributed by atoms with Crippen LogP contribution < -0.4 is 10.6 Å². The lowest BCUT2D eigenvalue weighted by molar-refractivity contribution is 0.0691. The summed E-state index contributed by atoms with van der Waals surface area (Å²) in [5, 5.41) is 18.2. The van der Waals surface area contributed by atoms with Crippen LogP contribution in [0.1, 0.15) is 32.9 Å². The van der Waals surface area contributed by atoms with Gasteiger partial charge in [-0.05, 0) is 23.4 Å². The van der Waals surface area contributed by atoms with Gasteiger partial charge in [-0.25, -0.2) is 14.6 Å². The molecule has 3 N–H and O–H groups in total. The monoisotopic (exact) mass is 325 g/mol. The van der Waals surface area contributed by atoms with Crippen LogP contribution >= 0.6 is 22.7 Å². The average molecular weight is 325 g/mol. The van der Waals surface area contributed by atoms with Crippen molar-refractivity contribution in [1.29, 1.82) is 0 Å². The normalized spacial score (nSPS) is 10.3. The Morgan fingerprint density at radius 3 is 2.71 bits per heavy atom. The molecule has 0 radical (unpaired) electrons. The Bertz CT molecular complexity index is 636. The van der Waals surface area contributed by atoms with Crippen molar-refractivity contribution in [2.45, 2.75) is 26.4 Å². The topological polar surface area (TPSA) is 91.3 Å². The SMILES string of the molecule is CCc1ccsc1CNC(=O)NCc1nc(C(=O)O)cs1. The molecule has 112 valence electrons. The summed E-state index contributed by atoms with van der Waals surface area (Å²) in [5.41, 5.74) is 1.25. The Labute approximate surface area is 129 Å². The van der Waals surface area contributed by atoms with E-state index in [4.69, 9.17) is 5.11 Å². The zero-order chi connectivity index (χ0) is 15.2. The number of carbonyl (C=O) groups is 2. The summed E-state index contributed by atoms with van der Waals surface area (Å²) in [5.74, 6) is -1.06. The smallest absolute Gasteiger partial charge is 0.355 e. The van der Waals surface area contributed by atoms with E-state index in [0.717, 1.165) is 11.3 Å². The van der Waals surface area contributed by atoms with Gasteiger partial charge in [-0.2, -0.15) is 0 Å². The average Bonchev–Trinajstić information content (AvgIpc) is 3.11. The number of amides is 2. The number of carbonyl (C=O) groups excluding carboxylic acids is 1. The number of aryl methyl sites for hydroxylation is 1. The molecular weight excluding hydrogens is 310 g/mol. The molecule has 0 saturated heterocycles. The number of thiophene rings is 1. The summed E-state index contributed by atoms with van der Waals surface area (Å²) in [6.07, 6.45) is 0.944. The van der Waals surface area contributed by atoms with E-state index in [-0.39, 0.29) is 18.3 Å². The van der Waals surface area contributed by atoms with Crippen LogP contribution in [0, 0.1) is 0 Å². The molecule has 0 aliphatic heterocycles. The first kappa shape index (κ1) is 15.5. The fourth-order valence-electron chi connectivity index (χ4n) is 1.71. The summed E-state index contributed by atoms with van der Waals surface area (Å²) in [7, 11) is 0. The van der Waals surface area contributed by atoms with Crippen LogP contribution in [0.4, 0.5) is 4.79 Å². The summed E-state index contributed by atoms with van der Waals surface area (Å²) >= 11 is 2.83. The van der Waals surface area contributed by atoms with Crippen LogP contribution in [0.5, 0.6) is 0 Å². The second kappa shape index (κ2) is 7.19. The molecule has 0 unspecified atom stereocenters. The number of nitrogens with zero attached hydrogens (tertiary/aromatic N) is 1. The maximum absolute atomic E-state index is 11.7. The second-order valence-corrected chi connectivity index (χ2v) is 6.13. The lowest BCUT2D eigenvalue weighted by Gasteiger charge is -2.06. The molecule has 0 saturated carbocycles. The lowest BCUT2D eigenvalue weighted by Crippen LogP contribution is -2.34. The minimum atomic E-state index is -1.06. The molecule has 2 rings (SSSR count). The van der Waals surface area contributed by atoms with E-state index in [9.17, 15) is 9.59 Å². The maximum atomic E-state index is 11.7. The molecule has 6 nitrogen and oxygen atoms in total. The number of hydrogen-bond donors (Lipinski definition) is 3. The summed E-state index contributed by atoms with van der Waals surface area (Å²) in [6, 6.07) is 1.76. The summed E-state index contributed by atoms with van der Waals surface area (Å²) in [4.78, 5) is 27.4. The third kappa shape index (κ3) is 4.27. The van der Waals surface area contributed by atoms with Gasteiger partial charge in [0, 0.05) is 10.3 Å². The van der Waals surface area contributed by atoms with E-state index in [1.165, 1.54) is 22.3 Å². The second-order valence-electron chi connectivity index (χ2n) is 4.19. The van der Waals surface area contributed by atoms with Gasteiger partial charge in [-0.3, -0.25) is 0 Å². The van der Waals surface area contributed by atoms with Crippen LogP contribution in [-0.4, -0.2) is 22.1 Å². The first-order valence-electron chi connectivity index (χ1n) is 6.34. The quantitative estimate of drug-likeness (QED) is 0.761. The van der Waals surface area contributed by atoms with Gasteiger partial charge in [-0.15, -0.1) is 22.7 Å². The highest BCUT2D eigenvalue weighted by Crippen LogP contribution is 2.16. The number of carboxylic acids is 1. The number of rotatable bonds is 6. The zero-order valence-corrected chi connectivity index (χ0v) is 13.0. The minimum absolute atomic E-state index is 0.00313. The first-order valence-corrected chi connectivity index (χ1v) is 8.10. The number of aromatic nitrogens is 1. The highest BCUT2D eigenvalue weighted by atomic mass is 32.1. The van der Waals surface area contributed by atoms with Crippen molar-refractivity contribution in [2.24, 2.45) is 0 Å². The Morgan fingerprint density at radius 2 is 2.05 bits per heavy atom. The van der Waals surface area contributed by atoms with Crippen molar-refractivity contribution in [2.75, 3.05) is 0 Å². The van der Waals surface area contributed by atoms with Gasteiger partial charge in [0.1, 0.15) is 5.01 Å². The zero-order valence-electron chi connectivity index (χ0n) is 11.4. The molecule has 0 spiro atoms. The molecule has 0 aliphatic rings. The molecule has 0 aliphatic carbocycles. The van der Waals surface area contributed by atoms with E-state index in [1.807, 2.05) is 5.38 Å². The fraction of sp³-hybridized carbons (Fsp3) is 0.308. The summed E-state index contributed by atoms with van der Waals surface area (Å²) < 4.78 is 0. The van der Waals surface area contributed by atoms with Crippen molar-refractivity contribution in [3.8, 4) is 0 Å². The van der Waals surface area contributed by atoms with Gasteiger partial charge in [0.25, 0.3) is 0 Å². The number of hydrogen-bond acceptors (Lipinski definition) is 5. The van der Waals surface area contributed by atoms with Gasteiger partial charge in [0.15, 0.2) is 5.69 Å². The molecular formula is C13H15N3O3S2. The van der Waals surface area contributed by atoms with Gasteiger partial charge in [0.2, 0.25) is 0 Å². The number of carboxylic acid groups (broad SMARTS) is 1. The van der Waals surface area contributed by atoms with Crippen LogP contribution in [-0.2, 0) is 19.5 Å². The van der Waals surface area contributed by atoms with Crippen LogP contribution in [0.2, 0.25) is 0 Å². The van der Waals surface area contributed by atoms with Crippen molar-refractivity contribution < 1.29 is 14.7 Å². The van der Waals surface area contributed by atoms with Gasteiger partial charge >= 0.3 is 12.0 Å². The lowest BCUT2D eigenvalue weighted by atomic mass is 10.2. The molecule has 0 bridgehead atoms. The van der Waals surface area contributed by atoms with E-state index < -0.39 is 5.97 Å². The molecule has 21 heavy (non-hydrogen) atoms. The number of urea groups is 1. The summed E-state index contributed by atoms with van der Waals surface area (Å²) in [6.45, 7) is 2.79. The van der Waals surface area contributed by atoms with Gasteiger partial charge < -0.3 is 15.7 Å². The molecule has 2 amide bonds. The predicted molar refractivity (Wildman–Crippen MR) is 81.8 cm³/mol. The van der Waals surface area contributed by atoms with E-state index in [1.54, 1.807) is 11.3 Å². The Kier molecular flexibility index (Phi) is 5.29. The Morgan fingerprint density at radius 1 is 1.29 bits per heavy atom. The van der Waals surface area contributed by atoms with Crippen LogP contribution in [0.25, 0.3) is 0 Å². The van der Waals surface area contributed by atoms with E-state index in [2.05, 4.69) is 28.6 Å². The molecule has 8 heteroatoms. The molecule has 2 aromatic heterocycles.